The van der Waals surface area contributed by atoms with E-state index < -0.39 is 0 Å². The third kappa shape index (κ3) is 4.07. The van der Waals surface area contributed by atoms with E-state index in [1.54, 1.807) is 0 Å². The lowest BCUT2D eigenvalue weighted by molar-refractivity contribution is 0.0993. The van der Waals surface area contributed by atoms with Crippen molar-refractivity contribution < 1.29 is 14.4 Å². The van der Waals surface area contributed by atoms with Crippen LogP contribution in [-0.4, -0.2) is 16.8 Å². The normalized spacial score (nSPS) is 17.0. The van der Waals surface area contributed by atoms with Gasteiger partial charge in [0.25, 0.3) is 5.91 Å². The number of carbonyl (C=O) groups excluding carboxylic acids is 1. The molecule has 0 aliphatic heterocycles. The number of amides is 1. The molecule has 1 aliphatic carbocycles. The molecule has 1 amide bonds. The second-order valence-corrected chi connectivity index (χ2v) is 8.17. The van der Waals surface area contributed by atoms with Crippen molar-refractivity contribution in [2.45, 2.75) is 59.8 Å². The molecule has 0 saturated carbocycles. The predicted molar refractivity (Wildman–Crippen MR) is 107 cm³/mol. The summed E-state index contributed by atoms with van der Waals surface area (Å²) < 4.78 is 5.91. The molecule has 0 saturated heterocycles. The number of fused-ring (bicyclic) bond motifs is 1. The average molecular weight is 368 g/mol. The van der Waals surface area contributed by atoms with Crippen LogP contribution in [0.3, 0.4) is 0 Å². The summed E-state index contributed by atoms with van der Waals surface area (Å²) in [6, 6.07) is 7.93. The molecule has 0 spiro atoms. The molecule has 2 N–H and O–H groups in total. The molecule has 0 radical (unpaired) electrons. The molecule has 0 fully saturated rings. The average Bonchev–Trinajstić information content (AvgIpc) is 2.95. The van der Waals surface area contributed by atoms with Crippen LogP contribution in [0.2, 0.25) is 0 Å². The molecule has 144 valence electrons. The first-order valence-corrected chi connectivity index (χ1v) is 9.58. The molecular formula is C22H28N2O3. The van der Waals surface area contributed by atoms with E-state index in [4.69, 9.17) is 4.42 Å². The van der Waals surface area contributed by atoms with Crippen LogP contribution in [0.4, 0.5) is 5.69 Å². The molecule has 1 aliphatic rings. The first-order valence-electron chi connectivity index (χ1n) is 9.58. The van der Waals surface area contributed by atoms with Gasteiger partial charge >= 0.3 is 0 Å². The van der Waals surface area contributed by atoms with Crippen LogP contribution in [0.5, 0.6) is 0 Å². The number of aryl methyl sites for hydroxylation is 1. The first-order chi connectivity index (χ1) is 12.8. The van der Waals surface area contributed by atoms with E-state index in [0.29, 0.717) is 18.6 Å². The van der Waals surface area contributed by atoms with Gasteiger partial charge in [0, 0.05) is 23.2 Å². The molecule has 27 heavy (non-hydrogen) atoms. The van der Waals surface area contributed by atoms with Gasteiger partial charge in [-0.3, -0.25) is 4.79 Å². The van der Waals surface area contributed by atoms with Crippen molar-refractivity contribution in [3.63, 3.8) is 0 Å². The minimum atomic E-state index is -0.279. The second kappa shape index (κ2) is 7.59. The summed E-state index contributed by atoms with van der Waals surface area (Å²) in [4.78, 5) is 12.8. The number of oxime groups is 1. The van der Waals surface area contributed by atoms with Crippen molar-refractivity contribution in [3.8, 4) is 0 Å². The third-order valence-corrected chi connectivity index (χ3v) is 5.15. The summed E-state index contributed by atoms with van der Waals surface area (Å²) in [6.07, 6.45) is 4.73. The highest BCUT2D eigenvalue weighted by atomic mass is 16.4. The standard InChI is InChI=1S/C22H28N2O3/c1-5-6-7-15-8-10-16(11-9-15)23-21(25)20-14(2)19-17(24-26)12-22(3,4)13-18(19)27-20/h8-11,26H,5-7,12-13H2,1-4H3,(H,23,25)/b24-17-. The zero-order chi connectivity index (χ0) is 19.6. The van der Waals surface area contributed by atoms with Crippen molar-refractivity contribution in [2.24, 2.45) is 10.6 Å². The van der Waals surface area contributed by atoms with E-state index in [9.17, 15) is 10.0 Å². The molecule has 0 unspecified atom stereocenters. The van der Waals surface area contributed by atoms with Crippen molar-refractivity contribution in [1.82, 2.24) is 0 Å². The largest absolute Gasteiger partial charge is 0.455 e. The SMILES string of the molecule is CCCCc1ccc(NC(=O)c2oc3c(c2C)/C(=N\O)CC(C)(C)C3)cc1. The van der Waals surface area contributed by atoms with Gasteiger partial charge in [-0.2, -0.15) is 0 Å². The molecule has 3 rings (SSSR count). The Bertz CT molecular complexity index is 860. The van der Waals surface area contributed by atoms with Crippen molar-refractivity contribution in [3.05, 3.63) is 52.5 Å². The summed E-state index contributed by atoms with van der Waals surface area (Å²) in [6.45, 7) is 8.21. The molecule has 2 aromatic rings. The highest BCUT2D eigenvalue weighted by Crippen LogP contribution is 2.38. The molecule has 1 aromatic carbocycles. The van der Waals surface area contributed by atoms with Crippen LogP contribution in [0.1, 0.15) is 73.0 Å². The number of rotatable bonds is 5. The summed E-state index contributed by atoms with van der Waals surface area (Å²) >= 11 is 0. The van der Waals surface area contributed by atoms with Crippen molar-refractivity contribution in [1.29, 1.82) is 0 Å². The minimum absolute atomic E-state index is 0.0685. The van der Waals surface area contributed by atoms with Crippen LogP contribution >= 0.6 is 0 Å². The number of anilines is 1. The number of unbranched alkanes of at least 4 members (excludes halogenated alkanes) is 1. The van der Waals surface area contributed by atoms with Crippen LogP contribution in [0.15, 0.2) is 33.8 Å². The Morgan fingerprint density at radius 3 is 2.59 bits per heavy atom. The number of nitrogens with one attached hydrogen (secondary N) is 1. The number of benzene rings is 1. The lowest BCUT2D eigenvalue weighted by Crippen LogP contribution is -2.27. The van der Waals surface area contributed by atoms with Crippen molar-refractivity contribution >= 4 is 17.3 Å². The Balaban J connectivity index is 1.81. The van der Waals surface area contributed by atoms with Gasteiger partial charge in [0.1, 0.15) is 5.76 Å². The van der Waals surface area contributed by atoms with Gasteiger partial charge in [-0.15, -0.1) is 0 Å². The van der Waals surface area contributed by atoms with E-state index >= 15 is 0 Å². The lowest BCUT2D eigenvalue weighted by Gasteiger charge is -2.28. The van der Waals surface area contributed by atoms with E-state index in [-0.39, 0.29) is 17.1 Å². The summed E-state index contributed by atoms with van der Waals surface area (Å²) in [7, 11) is 0. The van der Waals surface area contributed by atoms with Gasteiger partial charge in [0.2, 0.25) is 0 Å². The highest BCUT2D eigenvalue weighted by molar-refractivity contribution is 6.09. The lowest BCUT2D eigenvalue weighted by atomic mass is 9.75. The zero-order valence-corrected chi connectivity index (χ0v) is 16.6. The quantitative estimate of drug-likeness (QED) is 0.553. The summed E-state index contributed by atoms with van der Waals surface area (Å²) in [5, 5.41) is 15.8. The Morgan fingerprint density at radius 2 is 1.96 bits per heavy atom. The van der Waals surface area contributed by atoms with Crippen LogP contribution in [-0.2, 0) is 12.8 Å². The Hall–Kier alpha value is -2.56. The van der Waals surface area contributed by atoms with E-state index in [1.165, 1.54) is 5.56 Å². The van der Waals surface area contributed by atoms with Crippen LogP contribution in [0.25, 0.3) is 0 Å². The van der Waals surface area contributed by atoms with Gasteiger partial charge < -0.3 is 14.9 Å². The van der Waals surface area contributed by atoms with Gasteiger partial charge in [0.05, 0.1) is 5.71 Å². The smallest absolute Gasteiger partial charge is 0.291 e. The van der Waals surface area contributed by atoms with Crippen LogP contribution in [0, 0.1) is 12.3 Å². The molecule has 5 heteroatoms. The van der Waals surface area contributed by atoms with Gasteiger partial charge in [-0.1, -0.05) is 44.5 Å². The fourth-order valence-electron chi connectivity index (χ4n) is 3.74. The van der Waals surface area contributed by atoms with E-state index in [0.717, 1.165) is 41.8 Å². The minimum Gasteiger partial charge on any atom is -0.455 e. The molecule has 1 heterocycles. The fourth-order valence-corrected chi connectivity index (χ4v) is 3.74. The maximum Gasteiger partial charge on any atom is 0.291 e. The topological polar surface area (TPSA) is 74.8 Å². The first kappa shape index (κ1) is 19.2. The molecule has 5 nitrogen and oxygen atoms in total. The number of hydrogen-bond acceptors (Lipinski definition) is 4. The molecule has 0 bridgehead atoms. The maximum atomic E-state index is 12.8. The monoisotopic (exact) mass is 368 g/mol. The number of carbonyl (C=O) groups is 1. The van der Waals surface area contributed by atoms with Gasteiger partial charge in [0.15, 0.2) is 5.76 Å². The van der Waals surface area contributed by atoms with Crippen molar-refractivity contribution in [2.75, 3.05) is 5.32 Å². The molecular weight excluding hydrogens is 340 g/mol. The molecule has 1 aromatic heterocycles. The van der Waals surface area contributed by atoms with Gasteiger partial charge in [-0.05, 0) is 49.3 Å². The Labute approximate surface area is 160 Å². The van der Waals surface area contributed by atoms with E-state index in [2.05, 4.69) is 31.2 Å². The Kier molecular flexibility index (Phi) is 5.40. The maximum absolute atomic E-state index is 12.8. The van der Waals surface area contributed by atoms with Crippen LogP contribution < -0.4 is 5.32 Å². The molecule has 0 atom stereocenters. The summed E-state index contributed by atoms with van der Waals surface area (Å²) in [5.41, 5.74) is 4.03. The zero-order valence-electron chi connectivity index (χ0n) is 16.6. The summed E-state index contributed by atoms with van der Waals surface area (Å²) in [5.74, 6) is 0.726. The third-order valence-electron chi connectivity index (χ3n) is 5.15. The number of furan rings is 1. The Morgan fingerprint density at radius 1 is 1.26 bits per heavy atom. The predicted octanol–water partition coefficient (Wildman–Crippen LogP) is 5.33. The van der Waals surface area contributed by atoms with E-state index in [1.807, 2.05) is 31.2 Å². The second-order valence-electron chi connectivity index (χ2n) is 8.17. The fraction of sp³-hybridized carbons (Fsp3) is 0.455. The van der Waals surface area contributed by atoms with Gasteiger partial charge in [-0.25, -0.2) is 0 Å². The number of nitrogens with zero attached hydrogens (tertiary/aromatic N) is 1. The number of hydrogen-bond donors (Lipinski definition) is 2. The highest BCUT2D eigenvalue weighted by Gasteiger charge is 2.36.